The molecule has 0 atom stereocenters. The van der Waals surface area contributed by atoms with Crippen LogP contribution in [0.25, 0.3) is 0 Å². The van der Waals surface area contributed by atoms with Gasteiger partial charge in [0.2, 0.25) is 0 Å². The van der Waals surface area contributed by atoms with Crippen molar-refractivity contribution >= 4 is 21.9 Å². The second-order valence-electron chi connectivity index (χ2n) is 4.80. The van der Waals surface area contributed by atoms with Crippen molar-refractivity contribution in [1.29, 1.82) is 0 Å². The van der Waals surface area contributed by atoms with Crippen LogP contribution in [-0.4, -0.2) is 18.7 Å². The lowest BCUT2D eigenvalue weighted by Crippen LogP contribution is -2.45. The smallest absolute Gasteiger partial charge is 0.309 e. The van der Waals surface area contributed by atoms with Gasteiger partial charge in [0.05, 0.1) is 13.5 Å². The van der Waals surface area contributed by atoms with Gasteiger partial charge in [0.25, 0.3) is 0 Å². The van der Waals surface area contributed by atoms with E-state index in [-0.39, 0.29) is 11.6 Å². The van der Waals surface area contributed by atoms with Crippen LogP contribution < -0.4 is 4.74 Å². The lowest BCUT2D eigenvalue weighted by atomic mass is 9.77. The van der Waals surface area contributed by atoms with Crippen molar-refractivity contribution in [3.63, 3.8) is 0 Å². The van der Waals surface area contributed by atoms with E-state index in [1.807, 2.05) is 25.1 Å². The van der Waals surface area contributed by atoms with Crippen molar-refractivity contribution in [3.8, 4) is 5.75 Å². The van der Waals surface area contributed by atoms with E-state index in [0.29, 0.717) is 6.42 Å². The molecule has 0 N–H and O–H groups in total. The highest BCUT2D eigenvalue weighted by Gasteiger charge is 2.42. The fourth-order valence-corrected chi connectivity index (χ4v) is 2.66. The average Bonchev–Trinajstić information content (AvgIpc) is 2.29. The van der Waals surface area contributed by atoms with Gasteiger partial charge in [0.1, 0.15) is 11.4 Å². The molecule has 0 aromatic heterocycles. The van der Waals surface area contributed by atoms with Gasteiger partial charge in [-0.05, 0) is 49.9 Å². The molecule has 4 heteroatoms. The summed E-state index contributed by atoms with van der Waals surface area (Å²) < 4.78 is 11.8. The van der Waals surface area contributed by atoms with Crippen molar-refractivity contribution in [1.82, 2.24) is 0 Å². The standard InChI is InChI=1S/C14H17BrO3/c1-10-8-11(15)4-5-12(10)18-14(6-3-7-14)9-13(16)17-2/h4-5,8H,3,6-7,9H2,1-2H3. The zero-order valence-corrected chi connectivity index (χ0v) is 12.2. The minimum Gasteiger partial charge on any atom is -0.486 e. The highest BCUT2D eigenvalue weighted by molar-refractivity contribution is 9.10. The maximum Gasteiger partial charge on any atom is 0.309 e. The van der Waals surface area contributed by atoms with Crippen LogP contribution in [0.4, 0.5) is 0 Å². The predicted octanol–water partition coefficient (Wildman–Crippen LogP) is 3.62. The molecular formula is C14H17BrO3. The zero-order valence-electron chi connectivity index (χ0n) is 10.7. The lowest BCUT2D eigenvalue weighted by Gasteiger charge is -2.41. The number of benzene rings is 1. The highest BCUT2D eigenvalue weighted by Crippen LogP contribution is 2.40. The molecule has 0 bridgehead atoms. The van der Waals surface area contributed by atoms with Crippen LogP contribution in [0.5, 0.6) is 5.75 Å². The number of rotatable bonds is 4. The van der Waals surface area contributed by atoms with Crippen LogP contribution in [0.1, 0.15) is 31.2 Å². The molecule has 98 valence electrons. The van der Waals surface area contributed by atoms with Gasteiger partial charge >= 0.3 is 5.97 Å². The highest BCUT2D eigenvalue weighted by atomic mass is 79.9. The lowest BCUT2D eigenvalue weighted by molar-refractivity contribution is -0.148. The summed E-state index contributed by atoms with van der Waals surface area (Å²) in [5, 5.41) is 0. The summed E-state index contributed by atoms with van der Waals surface area (Å²) in [6.45, 7) is 2.00. The minimum absolute atomic E-state index is 0.204. The molecular weight excluding hydrogens is 296 g/mol. The molecule has 3 nitrogen and oxygen atoms in total. The molecule has 0 heterocycles. The maximum absolute atomic E-state index is 11.4. The summed E-state index contributed by atoms with van der Waals surface area (Å²) in [6, 6.07) is 5.91. The first kappa shape index (κ1) is 13.4. The van der Waals surface area contributed by atoms with Crippen molar-refractivity contribution in [3.05, 3.63) is 28.2 Å². The molecule has 0 amide bonds. The van der Waals surface area contributed by atoms with Crippen LogP contribution in [0.15, 0.2) is 22.7 Å². The number of methoxy groups -OCH3 is 1. The van der Waals surface area contributed by atoms with Gasteiger partial charge in [-0.15, -0.1) is 0 Å². The van der Waals surface area contributed by atoms with Crippen LogP contribution in [0.3, 0.4) is 0 Å². The topological polar surface area (TPSA) is 35.5 Å². The first-order valence-corrected chi connectivity index (χ1v) is 6.86. The molecule has 1 aromatic carbocycles. The van der Waals surface area contributed by atoms with E-state index in [2.05, 4.69) is 15.9 Å². The Labute approximate surface area is 116 Å². The third-order valence-electron chi connectivity index (χ3n) is 3.42. The number of carbonyl (C=O) groups is 1. The van der Waals surface area contributed by atoms with Crippen LogP contribution >= 0.6 is 15.9 Å². The summed E-state index contributed by atoms with van der Waals surface area (Å²) in [5.41, 5.74) is 0.714. The Bertz CT molecular complexity index is 452. The number of ether oxygens (including phenoxy) is 2. The Kier molecular flexibility index (Phi) is 3.95. The quantitative estimate of drug-likeness (QED) is 0.797. The number of halogens is 1. The fourth-order valence-electron chi connectivity index (χ4n) is 2.18. The van der Waals surface area contributed by atoms with E-state index >= 15 is 0 Å². The molecule has 0 aliphatic heterocycles. The third-order valence-corrected chi connectivity index (χ3v) is 3.92. The van der Waals surface area contributed by atoms with E-state index < -0.39 is 0 Å². The SMILES string of the molecule is COC(=O)CC1(Oc2ccc(Br)cc2C)CCC1. The van der Waals surface area contributed by atoms with Gasteiger partial charge in [-0.25, -0.2) is 0 Å². The summed E-state index contributed by atoms with van der Waals surface area (Å²) in [4.78, 5) is 11.4. The normalized spacial score (nSPS) is 16.8. The van der Waals surface area contributed by atoms with Gasteiger partial charge in [-0.3, -0.25) is 4.79 Å². The Morgan fingerprint density at radius 2 is 2.17 bits per heavy atom. The molecule has 0 spiro atoms. The second-order valence-corrected chi connectivity index (χ2v) is 5.72. The summed E-state index contributed by atoms with van der Waals surface area (Å²) in [5.74, 6) is 0.645. The van der Waals surface area contributed by atoms with E-state index in [1.54, 1.807) is 0 Å². The van der Waals surface area contributed by atoms with Crippen molar-refractivity contribution in [2.75, 3.05) is 7.11 Å². The average molecular weight is 313 g/mol. The molecule has 1 saturated carbocycles. The van der Waals surface area contributed by atoms with Gasteiger partial charge in [0.15, 0.2) is 0 Å². The molecule has 1 fully saturated rings. The number of esters is 1. The summed E-state index contributed by atoms with van der Waals surface area (Å²) >= 11 is 3.43. The van der Waals surface area contributed by atoms with Gasteiger partial charge in [0, 0.05) is 4.47 Å². The molecule has 2 rings (SSSR count). The molecule has 0 unspecified atom stereocenters. The van der Waals surface area contributed by atoms with E-state index in [9.17, 15) is 4.79 Å². The van der Waals surface area contributed by atoms with E-state index in [4.69, 9.17) is 9.47 Å². The van der Waals surface area contributed by atoms with Crippen molar-refractivity contribution in [2.45, 2.75) is 38.2 Å². The van der Waals surface area contributed by atoms with Crippen molar-refractivity contribution in [2.24, 2.45) is 0 Å². The monoisotopic (exact) mass is 312 g/mol. The number of aryl methyl sites for hydroxylation is 1. The Morgan fingerprint density at radius 1 is 1.44 bits per heavy atom. The zero-order chi connectivity index (χ0) is 13.2. The van der Waals surface area contributed by atoms with Crippen molar-refractivity contribution < 1.29 is 14.3 Å². The first-order valence-electron chi connectivity index (χ1n) is 6.07. The Morgan fingerprint density at radius 3 is 2.67 bits per heavy atom. The molecule has 1 aliphatic rings. The first-order chi connectivity index (χ1) is 8.54. The molecule has 0 radical (unpaired) electrons. The van der Waals surface area contributed by atoms with Gasteiger partial charge in [-0.2, -0.15) is 0 Å². The summed E-state index contributed by atoms with van der Waals surface area (Å²) in [6.07, 6.45) is 3.26. The maximum atomic E-state index is 11.4. The predicted molar refractivity (Wildman–Crippen MR) is 72.7 cm³/mol. The number of hydrogen-bond donors (Lipinski definition) is 0. The van der Waals surface area contributed by atoms with Gasteiger partial charge in [-0.1, -0.05) is 15.9 Å². The molecule has 18 heavy (non-hydrogen) atoms. The van der Waals surface area contributed by atoms with Crippen LogP contribution in [0.2, 0.25) is 0 Å². The Hall–Kier alpha value is -1.03. The second kappa shape index (κ2) is 5.31. The minimum atomic E-state index is -0.355. The summed E-state index contributed by atoms with van der Waals surface area (Å²) in [7, 11) is 1.42. The Balaban J connectivity index is 2.12. The van der Waals surface area contributed by atoms with E-state index in [0.717, 1.165) is 35.0 Å². The largest absolute Gasteiger partial charge is 0.486 e. The number of carbonyl (C=O) groups excluding carboxylic acids is 1. The van der Waals surface area contributed by atoms with Crippen LogP contribution in [0, 0.1) is 6.92 Å². The molecule has 1 aromatic rings. The fraction of sp³-hybridized carbons (Fsp3) is 0.500. The molecule has 1 aliphatic carbocycles. The van der Waals surface area contributed by atoms with Crippen LogP contribution in [-0.2, 0) is 9.53 Å². The number of hydrogen-bond acceptors (Lipinski definition) is 3. The third kappa shape index (κ3) is 2.86. The van der Waals surface area contributed by atoms with Gasteiger partial charge < -0.3 is 9.47 Å². The molecule has 0 saturated heterocycles. The van der Waals surface area contributed by atoms with E-state index in [1.165, 1.54) is 7.11 Å².